The smallest absolute Gasteiger partial charge is 0.423 e. The number of alkyl halides is 3. The van der Waals surface area contributed by atoms with Crippen LogP contribution in [0.1, 0.15) is 50.2 Å². The van der Waals surface area contributed by atoms with Crippen LogP contribution in [0, 0.1) is 6.92 Å². The van der Waals surface area contributed by atoms with Gasteiger partial charge in [-0.15, -0.1) is 0 Å². The fourth-order valence-corrected chi connectivity index (χ4v) is 3.33. The number of aryl methyl sites for hydroxylation is 1. The summed E-state index contributed by atoms with van der Waals surface area (Å²) in [5.74, 6) is -0.0750. The molecule has 0 spiro atoms. The lowest BCUT2D eigenvalue weighted by Gasteiger charge is -2.34. The van der Waals surface area contributed by atoms with Crippen molar-refractivity contribution in [1.29, 1.82) is 0 Å². The molecule has 1 N–H and O–H groups in total. The number of methoxy groups -OCH3 is 1. The molecule has 1 aromatic carbocycles. The minimum atomic E-state index is -4.92. The Kier molecular flexibility index (Phi) is 7.94. The van der Waals surface area contributed by atoms with Crippen molar-refractivity contribution in [1.82, 2.24) is 4.90 Å². The first-order valence-corrected chi connectivity index (χ1v) is 9.96. The van der Waals surface area contributed by atoms with Crippen LogP contribution in [0.3, 0.4) is 0 Å². The highest BCUT2D eigenvalue weighted by Gasteiger charge is 2.57. The summed E-state index contributed by atoms with van der Waals surface area (Å²) in [5.41, 5.74) is -2.54. The van der Waals surface area contributed by atoms with Crippen molar-refractivity contribution >= 4 is 12.0 Å². The third kappa shape index (κ3) is 5.63. The van der Waals surface area contributed by atoms with Crippen LogP contribution in [0.2, 0.25) is 0 Å². The molecule has 29 heavy (non-hydrogen) atoms. The van der Waals surface area contributed by atoms with E-state index in [0.717, 1.165) is 25.8 Å². The van der Waals surface area contributed by atoms with E-state index < -0.39 is 18.4 Å². The summed E-state index contributed by atoms with van der Waals surface area (Å²) < 4.78 is 52.6. The van der Waals surface area contributed by atoms with Crippen LogP contribution < -0.4 is 4.74 Å². The van der Waals surface area contributed by atoms with Crippen LogP contribution in [0.15, 0.2) is 17.1 Å². The fourth-order valence-electron chi connectivity index (χ4n) is 3.33. The Morgan fingerprint density at radius 2 is 1.90 bits per heavy atom. The van der Waals surface area contributed by atoms with Gasteiger partial charge in [0.25, 0.3) is 0 Å². The molecule has 1 saturated carbocycles. The summed E-state index contributed by atoms with van der Waals surface area (Å²) in [6.45, 7) is 3.49. The first-order chi connectivity index (χ1) is 13.6. The van der Waals surface area contributed by atoms with Crippen LogP contribution >= 0.6 is 0 Å². The second kappa shape index (κ2) is 9.80. The molecule has 1 aliphatic rings. The molecule has 5 nitrogen and oxygen atoms in total. The van der Waals surface area contributed by atoms with Gasteiger partial charge in [-0.25, -0.2) is 4.99 Å². The highest BCUT2D eigenvalue weighted by Crippen LogP contribution is 2.45. The van der Waals surface area contributed by atoms with Gasteiger partial charge in [0.15, 0.2) is 0 Å². The average molecular weight is 416 g/mol. The molecule has 0 bridgehead atoms. The molecular formula is C21H31F3N2O3. The number of aliphatic hydroxyl groups is 1. The Morgan fingerprint density at radius 1 is 1.24 bits per heavy atom. The van der Waals surface area contributed by atoms with Gasteiger partial charge in [0, 0.05) is 25.2 Å². The number of hydrogen-bond acceptors (Lipinski definition) is 4. The van der Waals surface area contributed by atoms with E-state index >= 15 is 0 Å². The number of rotatable bonds is 8. The van der Waals surface area contributed by atoms with Gasteiger partial charge in [-0.3, -0.25) is 0 Å². The van der Waals surface area contributed by atoms with Gasteiger partial charge in [0.05, 0.1) is 31.8 Å². The molecule has 2 rings (SSSR count). The Bertz CT molecular complexity index is 703. The van der Waals surface area contributed by atoms with Crippen molar-refractivity contribution in [3.8, 4) is 5.75 Å². The molecule has 1 unspecified atom stereocenters. The second-order valence-electron chi connectivity index (χ2n) is 7.59. The Balaban J connectivity index is 2.39. The van der Waals surface area contributed by atoms with Crippen LogP contribution in [0.25, 0.3) is 0 Å². The van der Waals surface area contributed by atoms with E-state index in [4.69, 9.17) is 9.47 Å². The Morgan fingerprint density at radius 3 is 2.45 bits per heavy atom. The Labute approximate surface area is 170 Å². The van der Waals surface area contributed by atoms with Crippen molar-refractivity contribution in [2.24, 2.45) is 4.99 Å². The van der Waals surface area contributed by atoms with Gasteiger partial charge in [-0.05, 0) is 38.3 Å². The average Bonchev–Trinajstić information content (AvgIpc) is 2.70. The maximum absolute atomic E-state index is 14.0. The first kappa shape index (κ1) is 23.5. The van der Waals surface area contributed by atoms with E-state index in [1.807, 2.05) is 18.9 Å². The SMILES string of the molecule is CCN(C)/C=N/c1cc(OC)c(C(O)(COC2CCCCC2)C(F)(F)F)cc1C. The predicted molar refractivity (Wildman–Crippen MR) is 107 cm³/mol. The minimum Gasteiger partial charge on any atom is -0.496 e. The number of hydrogen-bond donors (Lipinski definition) is 1. The maximum atomic E-state index is 14.0. The quantitative estimate of drug-likeness (QED) is 0.492. The summed E-state index contributed by atoms with van der Waals surface area (Å²) in [5, 5.41) is 10.8. The number of aliphatic imine (C=N–C) groups is 1. The molecule has 0 saturated heterocycles. The number of halogens is 3. The number of nitrogens with zero attached hydrogens (tertiary/aromatic N) is 2. The zero-order valence-corrected chi connectivity index (χ0v) is 17.6. The largest absolute Gasteiger partial charge is 0.496 e. The molecule has 1 aliphatic carbocycles. The van der Waals surface area contributed by atoms with Gasteiger partial charge in [-0.2, -0.15) is 13.2 Å². The lowest BCUT2D eigenvalue weighted by molar-refractivity contribution is -0.286. The summed E-state index contributed by atoms with van der Waals surface area (Å²) in [4.78, 5) is 6.15. The molecule has 0 aromatic heterocycles. The number of ether oxygens (including phenoxy) is 2. The lowest BCUT2D eigenvalue weighted by atomic mass is 9.90. The molecular weight excluding hydrogens is 385 g/mol. The monoisotopic (exact) mass is 416 g/mol. The van der Waals surface area contributed by atoms with E-state index in [-0.39, 0.29) is 17.4 Å². The lowest BCUT2D eigenvalue weighted by Crippen LogP contribution is -2.47. The third-order valence-corrected chi connectivity index (χ3v) is 5.41. The summed E-state index contributed by atoms with van der Waals surface area (Å²) >= 11 is 0. The third-order valence-electron chi connectivity index (χ3n) is 5.41. The number of benzene rings is 1. The van der Waals surface area contributed by atoms with Gasteiger partial charge >= 0.3 is 6.18 Å². The summed E-state index contributed by atoms with van der Waals surface area (Å²) in [6, 6.07) is 2.71. The first-order valence-electron chi connectivity index (χ1n) is 9.96. The molecule has 164 valence electrons. The van der Waals surface area contributed by atoms with Crippen LogP contribution in [0.4, 0.5) is 18.9 Å². The van der Waals surface area contributed by atoms with E-state index in [9.17, 15) is 18.3 Å². The molecule has 0 aliphatic heterocycles. The van der Waals surface area contributed by atoms with Crippen molar-refractivity contribution in [3.05, 3.63) is 23.3 Å². The van der Waals surface area contributed by atoms with E-state index in [0.29, 0.717) is 24.1 Å². The molecule has 0 amide bonds. The zero-order valence-electron chi connectivity index (χ0n) is 17.6. The predicted octanol–water partition coefficient (Wildman–Crippen LogP) is 4.71. The van der Waals surface area contributed by atoms with Crippen molar-refractivity contribution in [2.45, 2.75) is 63.8 Å². The fraction of sp³-hybridized carbons (Fsp3) is 0.667. The van der Waals surface area contributed by atoms with E-state index in [2.05, 4.69) is 4.99 Å². The minimum absolute atomic E-state index is 0.0750. The van der Waals surface area contributed by atoms with Crippen molar-refractivity contribution < 1.29 is 27.8 Å². The van der Waals surface area contributed by atoms with Crippen LogP contribution in [0.5, 0.6) is 5.75 Å². The van der Waals surface area contributed by atoms with E-state index in [1.54, 1.807) is 13.3 Å². The van der Waals surface area contributed by atoms with Gasteiger partial charge in [0.2, 0.25) is 5.60 Å². The van der Waals surface area contributed by atoms with Crippen molar-refractivity contribution in [2.75, 3.05) is 27.3 Å². The molecule has 0 radical (unpaired) electrons. The Hall–Kier alpha value is -1.80. The van der Waals surface area contributed by atoms with Gasteiger partial charge in [-0.1, -0.05) is 19.3 Å². The highest BCUT2D eigenvalue weighted by molar-refractivity contribution is 5.65. The van der Waals surface area contributed by atoms with Crippen LogP contribution in [-0.2, 0) is 10.3 Å². The van der Waals surface area contributed by atoms with Gasteiger partial charge in [0.1, 0.15) is 5.75 Å². The van der Waals surface area contributed by atoms with E-state index in [1.165, 1.54) is 19.2 Å². The summed E-state index contributed by atoms with van der Waals surface area (Å²) in [6.07, 6.45) is 0.750. The molecule has 1 fully saturated rings. The van der Waals surface area contributed by atoms with Crippen molar-refractivity contribution in [3.63, 3.8) is 0 Å². The van der Waals surface area contributed by atoms with Crippen LogP contribution in [-0.4, -0.2) is 55.9 Å². The molecule has 1 atom stereocenters. The topological polar surface area (TPSA) is 54.3 Å². The summed E-state index contributed by atoms with van der Waals surface area (Å²) in [7, 11) is 3.12. The zero-order chi connectivity index (χ0) is 21.7. The normalized spacial score (nSPS) is 18.1. The molecule has 0 heterocycles. The maximum Gasteiger partial charge on any atom is 0.423 e. The second-order valence-corrected chi connectivity index (χ2v) is 7.59. The van der Waals surface area contributed by atoms with Gasteiger partial charge < -0.3 is 19.5 Å². The highest BCUT2D eigenvalue weighted by atomic mass is 19.4. The standard InChI is InChI=1S/C21H31F3N2O3/c1-5-26(3)14-25-18-12-19(28-4)17(11-15(18)2)20(27,21(22,23)24)13-29-16-9-7-6-8-10-16/h11-12,14,16,27H,5-10,13H2,1-4H3/b25-14+. The molecule has 1 aromatic rings. The molecule has 8 heteroatoms.